The molecule has 1 aliphatic heterocycles. The Morgan fingerprint density at radius 2 is 1.37 bits per heavy atom. The molecule has 1 unspecified atom stereocenters. The standard InChI is InChI=1S/C29H28BF5N2O5S/c31-23-24(32)26(34)28(27(35)25(23)33)43(41,42)37-15-14-22(37)29(38)36(21-12-10-20(11-13-21)30(39)40)16-17-6-8-19(9-7-17)18-4-2-1-3-5-18/h6-13,18,22,39-40H,1-5,14-16H2. The summed E-state index contributed by atoms with van der Waals surface area (Å²) in [5.74, 6) is -12.7. The van der Waals surface area contributed by atoms with Crippen molar-refractivity contribution in [2.75, 3.05) is 11.4 Å². The Morgan fingerprint density at radius 3 is 1.88 bits per heavy atom. The molecule has 228 valence electrons. The Bertz CT molecular complexity index is 1590. The van der Waals surface area contributed by atoms with E-state index in [1.165, 1.54) is 41.1 Å². The molecule has 0 aromatic heterocycles. The van der Waals surface area contributed by atoms with Gasteiger partial charge >= 0.3 is 7.12 Å². The Balaban J connectivity index is 1.46. The Labute approximate surface area is 245 Å². The van der Waals surface area contributed by atoms with Crippen molar-refractivity contribution in [2.45, 2.75) is 61.9 Å². The largest absolute Gasteiger partial charge is 0.488 e. The smallest absolute Gasteiger partial charge is 0.423 e. The van der Waals surface area contributed by atoms with Crippen LogP contribution in [0.25, 0.3) is 0 Å². The molecule has 5 rings (SSSR count). The molecule has 0 bridgehead atoms. The predicted octanol–water partition coefficient (Wildman–Crippen LogP) is 4.11. The van der Waals surface area contributed by atoms with Crippen molar-refractivity contribution in [1.82, 2.24) is 4.31 Å². The van der Waals surface area contributed by atoms with E-state index in [-0.39, 0.29) is 24.1 Å². The van der Waals surface area contributed by atoms with Gasteiger partial charge in [-0.15, -0.1) is 0 Å². The first-order chi connectivity index (χ1) is 20.4. The van der Waals surface area contributed by atoms with Gasteiger partial charge in [0, 0.05) is 12.2 Å². The van der Waals surface area contributed by atoms with Gasteiger partial charge < -0.3 is 14.9 Å². The van der Waals surface area contributed by atoms with Crippen molar-refractivity contribution in [3.8, 4) is 0 Å². The first-order valence-electron chi connectivity index (χ1n) is 13.8. The molecule has 43 heavy (non-hydrogen) atoms. The molecule has 2 fully saturated rings. The minimum absolute atomic E-state index is 0.0439. The normalized spacial score (nSPS) is 17.9. The van der Waals surface area contributed by atoms with E-state index >= 15 is 0 Å². The number of sulfonamides is 1. The molecule has 0 spiro atoms. The van der Waals surface area contributed by atoms with Crippen molar-refractivity contribution in [2.24, 2.45) is 0 Å². The van der Waals surface area contributed by atoms with Crippen LogP contribution in [0.2, 0.25) is 0 Å². The molecule has 1 amide bonds. The second kappa shape index (κ2) is 12.3. The summed E-state index contributed by atoms with van der Waals surface area (Å²) in [6.45, 7) is -0.435. The highest BCUT2D eigenvalue weighted by Gasteiger charge is 2.48. The van der Waals surface area contributed by atoms with Crippen LogP contribution in [0.15, 0.2) is 53.4 Å². The van der Waals surface area contributed by atoms with E-state index in [9.17, 15) is 45.2 Å². The van der Waals surface area contributed by atoms with E-state index in [0.717, 1.165) is 25.7 Å². The van der Waals surface area contributed by atoms with Crippen molar-refractivity contribution in [3.63, 3.8) is 0 Å². The SMILES string of the molecule is O=C(C1CCN1S(=O)(=O)c1c(F)c(F)c(F)c(F)c1F)N(Cc1ccc(C2CCCCC2)cc1)c1ccc(B(O)O)cc1. The van der Waals surface area contributed by atoms with Crippen LogP contribution in [-0.4, -0.2) is 48.4 Å². The lowest BCUT2D eigenvalue weighted by atomic mass is 9.80. The molecular formula is C29H28BF5N2O5S. The van der Waals surface area contributed by atoms with Crippen molar-refractivity contribution in [1.29, 1.82) is 0 Å². The molecule has 3 aromatic rings. The van der Waals surface area contributed by atoms with Gasteiger partial charge in [-0.1, -0.05) is 55.7 Å². The number of benzene rings is 3. The van der Waals surface area contributed by atoms with Crippen LogP contribution in [0.3, 0.4) is 0 Å². The summed E-state index contributed by atoms with van der Waals surface area (Å²) in [4.78, 5) is 13.0. The van der Waals surface area contributed by atoms with E-state index in [4.69, 9.17) is 0 Å². The molecule has 1 heterocycles. The lowest BCUT2D eigenvalue weighted by Gasteiger charge is -2.41. The first-order valence-corrected chi connectivity index (χ1v) is 15.3. The third-order valence-corrected chi connectivity index (χ3v) is 10.1. The lowest BCUT2D eigenvalue weighted by molar-refractivity contribution is -0.125. The molecule has 3 aromatic carbocycles. The summed E-state index contributed by atoms with van der Waals surface area (Å²) in [5.41, 5.74) is 2.24. The zero-order valence-electron chi connectivity index (χ0n) is 22.8. The number of carbonyl (C=O) groups excluding carboxylic acids is 1. The van der Waals surface area contributed by atoms with Crippen LogP contribution in [0.1, 0.15) is 55.6 Å². The molecular weight excluding hydrogens is 594 g/mol. The van der Waals surface area contributed by atoms with Crippen LogP contribution in [0.4, 0.5) is 27.6 Å². The third-order valence-electron chi connectivity index (χ3n) is 8.16. The molecule has 2 N–H and O–H groups in total. The summed E-state index contributed by atoms with van der Waals surface area (Å²) in [7, 11) is -7.10. The second-order valence-electron chi connectivity index (χ2n) is 10.8. The quantitative estimate of drug-likeness (QED) is 0.171. The summed E-state index contributed by atoms with van der Waals surface area (Å²) in [5, 5.41) is 18.9. The molecule has 14 heteroatoms. The van der Waals surface area contributed by atoms with Crippen LogP contribution < -0.4 is 10.4 Å². The van der Waals surface area contributed by atoms with E-state index in [0.29, 0.717) is 15.8 Å². The fourth-order valence-electron chi connectivity index (χ4n) is 5.64. The van der Waals surface area contributed by atoms with Gasteiger partial charge in [0.05, 0.1) is 6.54 Å². The Hall–Kier alpha value is -3.33. The Morgan fingerprint density at radius 1 is 0.814 bits per heavy atom. The molecule has 0 radical (unpaired) electrons. The minimum atomic E-state index is -5.32. The van der Waals surface area contributed by atoms with Crippen molar-refractivity contribution >= 4 is 34.2 Å². The highest BCUT2D eigenvalue weighted by Crippen LogP contribution is 2.36. The summed E-state index contributed by atoms with van der Waals surface area (Å²) in [6, 6.07) is 11.7. The number of anilines is 1. The van der Waals surface area contributed by atoms with Gasteiger partial charge in [-0.3, -0.25) is 4.79 Å². The van der Waals surface area contributed by atoms with E-state index in [2.05, 4.69) is 0 Å². The molecule has 1 aliphatic carbocycles. The number of amides is 1. The van der Waals surface area contributed by atoms with Gasteiger partial charge in [-0.2, -0.15) is 4.31 Å². The monoisotopic (exact) mass is 622 g/mol. The summed E-state index contributed by atoms with van der Waals surface area (Å²) in [6.07, 6.45) is 5.61. The third kappa shape index (κ3) is 5.93. The van der Waals surface area contributed by atoms with Crippen molar-refractivity contribution in [3.05, 3.63) is 88.7 Å². The fraction of sp³-hybridized carbons (Fsp3) is 0.345. The predicted molar refractivity (Wildman–Crippen MR) is 148 cm³/mol. The van der Waals surface area contributed by atoms with Gasteiger partial charge in [0.25, 0.3) is 0 Å². The van der Waals surface area contributed by atoms with Crippen LogP contribution >= 0.6 is 0 Å². The zero-order valence-corrected chi connectivity index (χ0v) is 23.6. The van der Waals surface area contributed by atoms with Gasteiger partial charge in [0.2, 0.25) is 21.7 Å². The average Bonchev–Trinajstić information content (AvgIpc) is 2.97. The number of nitrogens with zero attached hydrogens (tertiary/aromatic N) is 2. The molecule has 7 nitrogen and oxygen atoms in total. The van der Waals surface area contributed by atoms with Gasteiger partial charge in [-0.05, 0) is 53.9 Å². The first kappa shape index (κ1) is 31.1. The average molecular weight is 622 g/mol. The molecule has 1 atom stereocenters. The number of halogens is 5. The maximum atomic E-state index is 14.5. The lowest BCUT2D eigenvalue weighted by Crippen LogP contribution is -2.59. The number of carbonyl (C=O) groups is 1. The Kier molecular flexibility index (Phi) is 8.93. The van der Waals surface area contributed by atoms with Gasteiger partial charge in [0.1, 0.15) is 6.04 Å². The number of hydrogen-bond acceptors (Lipinski definition) is 5. The maximum absolute atomic E-state index is 14.5. The molecule has 1 saturated heterocycles. The number of rotatable bonds is 8. The number of hydrogen-bond donors (Lipinski definition) is 2. The van der Waals surface area contributed by atoms with Crippen LogP contribution in [0, 0.1) is 29.1 Å². The minimum Gasteiger partial charge on any atom is -0.423 e. The summed E-state index contributed by atoms with van der Waals surface area (Å²) >= 11 is 0. The van der Waals surface area contributed by atoms with E-state index < -0.39 is 69.6 Å². The molecule has 2 aliphatic rings. The maximum Gasteiger partial charge on any atom is 0.488 e. The van der Waals surface area contributed by atoms with Crippen LogP contribution in [-0.2, 0) is 21.4 Å². The highest BCUT2D eigenvalue weighted by molar-refractivity contribution is 7.89. The summed E-state index contributed by atoms with van der Waals surface area (Å²) < 4.78 is 97.0. The van der Waals surface area contributed by atoms with E-state index in [1.807, 2.05) is 24.3 Å². The van der Waals surface area contributed by atoms with E-state index in [1.54, 1.807) is 0 Å². The van der Waals surface area contributed by atoms with Gasteiger partial charge in [0.15, 0.2) is 28.2 Å². The van der Waals surface area contributed by atoms with Crippen molar-refractivity contribution < 1.29 is 45.2 Å². The zero-order chi connectivity index (χ0) is 31.1. The topological polar surface area (TPSA) is 98.2 Å². The highest BCUT2D eigenvalue weighted by atomic mass is 32.2. The second-order valence-corrected chi connectivity index (χ2v) is 12.6. The fourth-order valence-corrected chi connectivity index (χ4v) is 7.39. The molecule has 1 saturated carbocycles. The van der Waals surface area contributed by atoms with Gasteiger partial charge in [-0.25, -0.2) is 30.4 Å². The van der Waals surface area contributed by atoms with Crippen LogP contribution in [0.5, 0.6) is 0 Å².